The fourth-order valence-corrected chi connectivity index (χ4v) is 2.06. The van der Waals surface area contributed by atoms with Crippen LogP contribution in [-0.2, 0) is 0 Å². The van der Waals surface area contributed by atoms with E-state index in [1.54, 1.807) is 0 Å². The molecule has 1 N–H and O–H groups in total. The summed E-state index contributed by atoms with van der Waals surface area (Å²) in [6.45, 7) is 4.04. The van der Waals surface area contributed by atoms with Crippen LogP contribution in [0, 0.1) is 0 Å². The van der Waals surface area contributed by atoms with Crippen LogP contribution in [0.1, 0.15) is 25.7 Å². The molecule has 3 nitrogen and oxygen atoms in total. The number of likely N-dealkylation sites (tertiary alicyclic amines) is 1. The summed E-state index contributed by atoms with van der Waals surface area (Å²) in [6, 6.07) is 0.757. The zero-order chi connectivity index (χ0) is 10.4. The molecule has 84 valence electrons. The molecule has 0 aromatic heterocycles. The van der Waals surface area contributed by atoms with Crippen molar-refractivity contribution in [2.45, 2.75) is 31.7 Å². The highest BCUT2D eigenvalue weighted by atomic mass is 16.2. The number of hydrogen-bond donors (Lipinski definition) is 1. The largest absolute Gasteiger partial charge is 0.396 e. The normalized spacial score (nSPS) is 23.6. The Bertz CT molecular complexity index is 150. The summed E-state index contributed by atoms with van der Waals surface area (Å²) in [5, 5.41) is 8.65. The number of unbranched alkanes of at least 4 members (excludes halogenated alkanes) is 2. The first-order valence-corrected chi connectivity index (χ1v) is 5.73. The maximum atomic E-state index is 8.65. The van der Waals surface area contributed by atoms with Crippen LogP contribution in [0.25, 0.3) is 0 Å². The number of nitrogens with zero attached hydrogens (tertiary/aromatic N) is 2. The molecule has 3 heteroatoms. The molecule has 0 aliphatic carbocycles. The van der Waals surface area contributed by atoms with Gasteiger partial charge in [0.1, 0.15) is 0 Å². The van der Waals surface area contributed by atoms with Gasteiger partial charge in [-0.15, -0.1) is 0 Å². The summed E-state index contributed by atoms with van der Waals surface area (Å²) in [5.74, 6) is 0. The zero-order valence-corrected chi connectivity index (χ0v) is 9.58. The highest BCUT2D eigenvalue weighted by Crippen LogP contribution is 2.13. The van der Waals surface area contributed by atoms with Gasteiger partial charge in [0.15, 0.2) is 0 Å². The Hall–Kier alpha value is -0.120. The van der Waals surface area contributed by atoms with Crippen LogP contribution in [0.2, 0.25) is 0 Å². The molecule has 1 fully saturated rings. The lowest BCUT2D eigenvalue weighted by Gasteiger charge is -2.20. The second kappa shape index (κ2) is 6.38. The van der Waals surface area contributed by atoms with Crippen LogP contribution < -0.4 is 0 Å². The molecule has 0 bridgehead atoms. The fraction of sp³-hybridized carbons (Fsp3) is 1.00. The highest BCUT2D eigenvalue weighted by Gasteiger charge is 2.22. The van der Waals surface area contributed by atoms with E-state index in [1.807, 2.05) is 0 Å². The van der Waals surface area contributed by atoms with Crippen LogP contribution in [0.4, 0.5) is 0 Å². The number of aliphatic hydroxyl groups is 1. The second-order valence-corrected chi connectivity index (χ2v) is 4.49. The molecule has 0 aromatic carbocycles. The van der Waals surface area contributed by atoms with Crippen molar-refractivity contribution in [3.05, 3.63) is 0 Å². The molecule has 14 heavy (non-hydrogen) atoms. The van der Waals surface area contributed by atoms with E-state index < -0.39 is 0 Å². The molecule has 1 unspecified atom stereocenters. The molecule has 1 aliphatic heterocycles. The van der Waals surface area contributed by atoms with E-state index in [-0.39, 0.29) is 0 Å². The molecule has 0 amide bonds. The van der Waals surface area contributed by atoms with Crippen molar-refractivity contribution >= 4 is 0 Å². The van der Waals surface area contributed by atoms with Gasteiger partial charge in [0.05, 0.1) is 0 Å². The van der Waals surface area contributed by atoms with Crippen molar-refractivity contribution in [2.75, 3.05) is 40.3 Å². The highest BCUT2D eigenvalue weighted by molar-refractivity contribution is 4.80. The summed E-state index contributed by atoms with van der Waals surface area (Å²) in [4.78, 5) is 4.87. The molecule has 1 heterocycles. The van der Waals surface area contributed by atoms with Crippen LogP contribution in [0.15, 0.2) is 0 Å². The summed E-state index contributed by atoms with van der Waals surface area (Å²) >= 11 is 0. The van der Waals surface area contributed by atoms with E-state index in [4.69, 9.17) is 5.11 Å². The van der Waals surface area contributed by atoms with Crippen LogP contribution in [0.3, 0.4) is 0 Å². The van der Waals surface area contributed by atoms with Gasteiger partial charge in [0.25, 0.3) is 0 Å². The summed E-state index contributed by atoms with van der Waals surface area (Å²) in [7, 11) is 4.33. The van der Waals surface area contributed by atoms with E-state index in [1.165, 1.54) is 38.9 Å². The first-order chi connectivity index (χ1) is 6.74. The maximum Gasteiger partial charge on any atom is 0.0431 e. The van der Waals surface area contributed by atoms with Gasteiger partial charge in [-0.3, -0.25) is 0 Å². The van der Waals surface area contributed by atoms with Crippen molar-refractivity contribution in [3.8, 4) is 0 Å². The monoisotopic (exact) mass is 200 g/mol. The third kappa shape index (κ3) is 3.95. The van der Waals surface area contributed by atoms with Gasteiger partial charge in [0.2, 0.25) is 0 Å². The Kier molecular flexibility index (Phi) is 5.45. The number of aliphatic hydroxyl groups excluding tert-OH is 1. The van der Waals surface area contributed by atoms with Crippen LogP contribution in [-0.4, -0.2) is 61.3 Å². The Balaban J connectivity index is 2.04. The molecule has 1 rings (SSSR count). The van der Waals surface area contributed by atoms with E-state index in [2.05, 4.69) is 23.9 Å². The third-order valence-electron chi connectivity index (χ3n) is 3.11. The number of rotatable bonds is 6. The van der Waals surface area contributed by atoms with Crippen LogP contribution >= 0.6 is 0 Å². The standard InChI is InChI=1S/C11H24N2O/c1-12(2)11-6-8-13(10-11)7-4-3-5-9-14/h11,14H,3-10H2,1-2H3. The lowest BCUT2D eigenvalue weighted by molar-refractivity contribution is 0.256. The number of hydrogen-bond acceptors (Lipinski definition) is 3. The smallest absolute Gasteiger partial charge is 0.0431 e. The molecule has 0 radical (unpaired) electrons. The molecular weight excluding hydrogens is 176 g/mol. The number of likely N-dealkylation sites (N-methyl/N-ethyl adjacent to an activating group) is 1. The molecule has 0 aromatic rings. The Morgan fingerprint density at radius 2 is 2.07 bits per heavy atom. The molecule has 1 atom stereocenters. The average molecular weight is 200 g/mol. The van der Waals surface area contributed by atoms with Crippen molar-refractivity contribution in [2.24, 2.45) is 0 Å². The van der Waals surface area contributed by atoms with Gasteiger partial charge in [-0.1, -0.05) is 0 Å². The van der Waals surface area contributed by atoms with E-state index in [9.17, 15) is 0 Å². The van der Waals surface area contributed by atoms with Crippen molar-refractivity contribution in [1.29, 1.82) is 0 Å². The molecular formula is C11H24N2O. The lowest BCUT2D eigenvalue weighted by Crippen LogP contribution is -2.31. The predicted molar refractivity (Wildman–Crippen MR) is 59.5 cm³/mol. The minimum Gasteiger partial charge on any atom is -0.396 e. The van der Waals surface area contributed by atoms with Gasteiger partial charge in [-0.05, 0) is 52.9 Å². The second-order valence-electron chi connectivity index (χ2n) is 4.49. The van der Waals surface area contributed by atoms with Gasteiger partial charge >= 0.3 is 0 Å². The zero-order valence-electron chi connectivity index (χ0n) is 9.58. The molecule has 1 saturated heterocycles. The van der Waals surface area contributed by atoms with Crippen LogP contribution in [0.5, 0.6) is 0 Å². The summed E-state index contributed by atoms with van der Waals surface area (Å²) in [5.41, 5.74) is 0. The summed E-state index contributed by atoms with van der Waals surface area (Å²) < 4.78 is 0. The quantitative estimate of drug-likeness (QED) is 0.642. The first kappa shape index (κ1) is 12.0. The Morgan fingerprint density at radius 1 is 1.29 bits per heavy atom. The molecule has 0 spiro atoms. The third-order valence-corrected chi connectivity index (χ3v) is 3.11. The minimum absolute atomic E-state index is 0.348. The van der Waals surface area contributed by atoms with Crippen molar-refractivity contribution in [1.82, 2.24) is 9.80 Å². The Labute approximate surface area is 87.7 Å². The average Bonchev–Trinajstić information content (AvgIpc) is 2.61. The van der Waals surface area contributed by atoms with Crippen molar-refractivity contribution < 1.29 is 5.11 Å². The van der Waals surface area contributed by atoms with Gasteiger partial charge < -0.3 is 14.9 Å². The molecule has 1 aliphatic rings. The van der Waals surface area contributed by atoms with E-state index >= 15 is 0 Å². The van der Waals surface area contributed by atoms with Gasteiger partial charge in [0, 0.05) is 19.2 Å². The Morgan fingerprint density at radius 3 is 2.64 bits per heavy atom. The van der Waals surface area contributed by atoms with Crippen molar-refractivity contribution in [3.63, 3.8) is 0 Å². The van der Waals surface area contributed by atoms with E-state index in [0.29, 0.717) is 6.61 Å². The minimum atomic E-state index is 0.348. The predicted octanol–water partition coefficient (Wildman–Crippen LogP) is 0.785. The molecule has 0 saturated carbocycles. The van der Waals surface area contributed by atoms with Gasteiger partial charge in [-0.2, -0.15) is 0 Å². The maximum absolute atomic E-state index is 8.65. The first-order valence-electron chi connectivity index (χ1n) is 5.73. The summed E-state index contributed by atoms with van der Waals surface area (Å²) in [6.07, 6.45) is 4.68. The lowest BCUT2D eigenvalue weighted by atomic mass is 10.2. The van der Waals surface area contributed by atoms with Gasteiger partial charge in [-0.25, -0.2) is 0 Å². The fourth-order valence-electron chi connectivity index (χ4n) is 2.06. The van der Waals surface area contributed by atoms with E-state index in [0.717, 1.165) is 12.5 Å². The SMILES string of the molecule is CN(C)C1CCN(CCCCCO)C1. The topological polar surface area (TPSA) is 26.7 Å².